The highest BCUT2D eigenvalue weighted by atomic mass is 16.2. The summed E-state index contributed by atoms with van der Waals surface area (Å²) in [5.74, 6) is -2.89. The van der Waals surface area contributed by atoms with Crippen molar-refractivity contribution in [3.05, 3.63) is 143 Å². The summed E-state index contributed by atoms with van der Waals surface area (Å²) in [6.07, 6.45) is 2.79. The molecule has 0 radical (unpaired) electrons. The molecular weight excluding hydrogens is 608 g/mol. The Balaban J connectivity index is 0.999. The third-order valence-corrected chi connectivity index (χ3v) is 8.60. The number of imide groups is 2. The van der Waals surface area contributed by atoms with Gasteiger partial charge in [0.1, 0.15) is 12.1 Å². The Hall–Kier alpha value is -5.90. The molecule has 2 heterocycles. The molecule has 2 N–H and O–H groups in total. The first kappa shape index (κ1) is 32.1. The lowest BCUT2D eigenvalue weighted by atomic mass is 10.0. The van der Waals surface area contributed by atoms with Crippen LogP contribution in [0.25, 0.3) is 0 Å². The molecule has 10 nitrogen and oxygen atoms in total. The Morgan fingerprint density at radius 2 is 0.729 bits per heavy atom. The molecule has 6 amide bonds. The van der Waals surface area contributed by atoms with Gasteiger partial charge in [0.25, 0.3) is 23.6 Å². The number of benzene rings is 4. The number of rotatable bonds is 13. The van der Waals surface area contributed by atoms with Crippen molar-refractivity contribution in [1.82, 2.24) is 20.4 Å². The number of carbonyl (C=O) groups is 6. The van der Waals surface area contributed by atoms with Crippen molar-refractivity contribution in [3.63, 3.8) is 0 Å². The average Bonchev–Trinajstić information content (AvgIpc) is 3.51. The number of amides is 6. The second-order valence-corrected chi connectivity index (χ2v) is 11.7. The molecule has 0 aliphatic carbocycles. The van der Waals surface area contributed by atoms with E-state index in [4.69, 9.17) is 0 Å². The molecule has 0 aromatic heterocycles. The highest BCUT2D eigenvalue weighted by Gasteiger charge is 2.44. The fourth-order valence-electron chi connectivity index (χ4n) is 6.21. The van der Waals surface area contributed by atoms with Crippen molar-refractivity contribution < 1.29 is 28.8 Å². The van der Waals surface area contributed by atoms with Crippen LogP contribution >= 0.6 is 0 Å². The molecule has 6 rings (SSSR count). The Labute approximate surface area is 277 Å². The molecule has 2 atom stereocenters. The third-order valence-electron chi connectivity index (χ3n) is 8.60. The van der Waals surface area contributed by atoms with Crippen LogP contribution in [0.3, 0.4) is 0 Å². The topological polar surface area (TPSA) is 133 Å². The molecule has 0 unspecified atom stereocenters. The van der Waals surface area contributed by atoms with E-state index in [2.05, 4.69) is 10.6 Å². The fourth-order valence-corrected chi connectivity index (χ4v) is 6.21. The van der Waals surface area contributed by atoms with Gasteiger partial charge in [0.05, 0.1) is 22.3 Å². The smallest absolute Gasteiger partial charge is 0.262 e. The molecule has 10 heteroatoms. The van der Waals surface area contributed by atoms with Crippen LogP contribution < -0.4 is 10.6 Å². The van der Waals surface area contributed by atoms with E-state index in [1.54, 1.807) is 109 Å². The minimum Gasteiger partial charge on any atom is -0.354 e. The van der Waals surface area contributed by atoms with E-state index in [1.807, 2.05) is 0 Å². The normalized spacial score (nSPS) is 14.8. The van der Waals surface area contributed by atoms with E-state index >= 15 is 0 Å². The standard InChI is InChI=1S/C38H34N4O6/c43-33(31(25-15-5-3-6-16-25)41-35(45)27-19-9-10-20-28(27)36(41)46)39-23-13-1-2-14-24-40-34(44)32(26-17-7-4-8-18-26)42-37(47)29-21-11-12-22-30(29)38(42)48/h3-12,15-22,31-32H,1-2,13-14,23-24H2,(H,39,43)(H,40,44)/t31-,32-/m0/s1. The second-order valence-electron chi connectivity index (χ2n) is 11.7. The van der Waals surface area contributed by atoms with Crippen LogP contribution in [-0.4, -0.2) is 58.3 Å². The maximum Gasteiger partial charge on any atom is 0.262 e. The van der Waals surface area contributed by atoms with Crippen LogP contribution in [-0.2, 0) is 9.59 Å². The second kappa shape index (κ2) is 14.3. The first-order valence-electron chi connectivity index (χ1n) is 16.0. The number of carbonyl (C=O) groups excluding carboxylic acids is 6. The molecule has 2 aliphatic heterocycles. The van der Waals surface area contributed by atoms with Crippen LogP contribution in [0.2, 0.25) is 0 Å². The van der Waals surface area contributed by atoms with Gasteiger partial charge in [-0.15, -0.1) is 0 Å². The molecule has 0 bridgehead atoms. The molecule has 4 aromatic rings. The van der Waals surface area contributed by atoms with Crippen molar-refractivity contribution in [2.75, 3.05) is 13.1 Å². The van der Waals surface area contributed by atoms with Gasteiger partial charge in [-0.25, -0.2) is 0 Å². The van der Waals surface area contributed by atoms with Gasteiger partial charge in [0, 0.05) is 13.1 Å². The monoisotopic (exact) mass is 642 g/mol. The van der Waals surface area contributed by atoms with Gasteiger partial charge in [-0.3, -0.25) is 38.6 Å². The molecule has 0 spiro atoms. The van der Waals surface area contributed by atoms with Gasteiger partial charge >= 0.3 is 0 Å². The van der Waals surface area contributed by atoms with E-state index in [0.29, 0.717) is 37.1 Å². The zero-order chi connectivity index (χ0) is 33.6. The Morgan fingerprint density at radius 3 is 1.04 bits per heavy atom. The average molecular weight is 643 g/mol. The summed E-state index contributed by atoms with van der Waals surface area (Å²) in [5, 5.41) is 5.78. The number of hydrogen-bond acceptors (Lipinski definition) is 6. The molecular formula is C38H34N4O6. The van der Waals surface area contributed by atoms with Gasteiger partial charge in [-0.05, 0) is 48.2 Å². The largest absolute Gasteiger partial charge is 0.354 e. The lowest BCUT2D eigenvalue weighted by molar-refractivity contribution is -0.125. The van der Waals surface area contributed by atoms with Crippen LogP contribution in [0.1, 0.15) is 90.3 Å². The summed E-state index contributed by atoms with van der Waals surface area (Å²) in [6.45, 7) is 0.682. The van der Waals surface area contributed by atoms with Crippen molar-refractivity contribution >= 4 is 35.4 Å². The zero-order valence-electron chi connectivity index (χ0n) is 26.1. The number of fused-ring (bicyclic) bond motifs is 2. The van der Waals surface area contributed by atoms with Crippen LogP contribution in [0, 0.1) is 0 Å². The Bertz CT molecular complexity index is 1670. The van der Waals surface area contributed by atoms with Crippen molar-refractivity contribution in [2.24, 2.45) is 0 Å². The minimum absolute atomic E-state index is 0.280. The first-order valence-corrected chi connectivity index (χ1v) is 16.0. The molecule has 0 saturated heterocycles. The zero-order valence-corrected chi connectivity index (χ0v) is 26.1. The lowest BCUT2D eigenvalue weighted by Crippen LogP contribution is -2.43. The van der Waals surface area contributed by atoms with Gasteiger partial charge in [-0.2, -0.15) is 0 Å². The van der Waals surface area contributed by atoms with E-state index in [1.165, 1.54) is 0 Å². The van der Waals surface area contributed by atoms with Crippen molar-refractivity contribution in [3.8, 4) is 0 Å². The predicted octanol–water partition coefficient (Wildman–Crippen LogP) is 4.85. The lowest BCUT2D eigenvalue weighted by Gasteiger charge is -2.26. The maximum absolute atomic E-state index is 13.4. The molecule has 242 valence electrons. The van der Waals surface area contributed by atoms with Gasteiger partial charge in [0.2, 0.25) is 11.8 Å². The van der Waals surface area contributed by atoms with Crippen molar-refractivity contribution in [2.45, 2.75) is 37.8 Å². The summed E-state index contributed by atoms with van der Waals surface area (Å²) in [4.78, 5) is 81.7. The fraction of sp³-hybridized carbons (Fsp3) is 0.211. The summed E-state index contributed by atoms with van der Waals surface area (Å²) in [5.41, 5.74) is 2.19. The van der Waals surface area contributed by atoms with Crippen LogP contribution in [0.5, 0.6) is 0 Å². The molecule has 0 saturated carbocycles. The highest BCUT2D eigenvalue weighted by molar-refractivity contribution is 6.23. The molecule has 0 fully saturated rings. The summed E-state index contributed by atoms with van der Waals surface area (Å²) in [7, 11) is 0. The molecule has 48 heavy (non-hydrogen) atoms. The van der Waals surface area contributed by atoms with Crippen LogP contribution in [0.15, 0.2) is 109 Å². The van der Waals surface area contributed by atoms with E-state index in [-0.39, 0.29) is 22.3 Å². The summed E-state index contributed by atoms with van der Waals surface area (Å²) >= 11 is 0. The van der Waals surface area contributed by atoms with E-state index in [0.717, 1.165) is 22.6 Å². The third kappa shape index (κ3) is 6.24. The quantitative estimate of drug-likeness (QED) is 0.158. The Kier molecular flexibility index (Phi) is 9.52. The predicted molar refractivity (Wildman–Crippen MR) is 177 cm³/mol. The molecule has 2 aliphatic rings. The first-order chi connectivity index (χ1) is 23.4. The van der Waals surface area contributed by atoms with E-state index in [9.17, 15) is 28.8 Å². The number of hydrogen-bond donors (Lipinski definition) is 2. The number of nitrogens with zero attached hydrogens (tertiary/aromatic N) is 2. The highest BCUT2D eigenvalue weighted by Crippen LogP contribution is 2.33. The summed E-state index contributed by atoms with van der Waals surface area (Å²) < 4.78 is 0. The number of nitrogens with one attached hydrogen (secondary N) is 2. The maximum atomic E-state index is 13.4. The van der Waals surface area contributed by atoms with Crippen LogP contribution in [0.4, 0.5) is 0 Å². The van der Waals surface area contributed by atoms with Gasteiger partial charge in [0.15, 0.2) is 0 Å². The van der Waals surface area contributed by atoms with Gasteiger partial charge in [-0.1, -0.05) is 97.8 Å². The van der Waals surface area contributed by atoms with Gasteiger partial charge < -0.3 is 10.6 Å². The SMILES string of the molecule is O=C(NCCCCCCNC(=O)[C@H](c1ccccc1)N1C(=O)c2ccccc2C1=O)[C@H](c1ccccc1)N1C(=O)c2ccccc2C1=O. The minimum atomic E-state index is -1.10. The van der Waals surface area contributed by atoms with E-state index < -0.39 is 47.5 Å². The molecule has 4 aromatic carbocycles. The Morgan fingerprint density at radius 1 is 0.438 bits per heavy atom. The summed E-state index contributed by atoms with van der Waals surface area (Å²) in [6, 6.07) is 28.4. The van der Waals surface area contributed by atoms with Crippen molar-refractivity contribution in [1.29, 1.82) is 0 Å². The number of unbranched alkanes of at least 4 members (excludes halogenated alkanes) is 3.